The number of carbonyl (C=O) groups excluding carboxylic acids is 3. The average Bonchev–Trinajstić information content (AvgIpc) is 2.65. The van der Waals surface area contributed by atoms with Gasteiger partial charge >= 0.3 is 5.97 Å². The van der Waals surface area contributed by atoms with Gasteiger partial charge in [-0.15, -0.1) is 0 Å². The number of nitrogens with one attached hydrogen (secondary N) is 1. The third kappa shape index (κ3) is 6.82. The van der Waals surface area contributed by atoms with Crippen LogP contribution in [0.15, 0.2) is 36.4 Å². The summed E-state index contributed by atoms with van der Waals surface area (Å²) in [6.07, 6.45) is -0.362. The van der Waals surface area contributed by atoms with Crippen LogP contribution < -0.4 is 11.1 Å². The summed E-state index contributed by atoms with van der Waals surface area (Å²) in [5.74, 6) is -1.97. The summed E-state index contributed by atoms with van der Waals surface area (Å²) in [7, 11) is 0. The first-order valence-electron chi connectivity index (χ1n) is 10.0. The molecule has 0 bridgehead atoms. The normalized spacial score (nSPS) is 12.2. The number of halogens is 1. The lowest BCUT2D eigenvalue weighted by atomic mass is 9.84. The molecule has 6 nitrogen and oxygen atoms in total. The first-order valence-corrected chi connectivity index (χ1v) is 10.4. The van der Waals surface area contributed by atoms with E-state index in [1.165, 1.54) is 17.7 Å². The summed E-state index contributed by atoms with van der Waals surface area (Å²) < 4.78 is 5.45. The molecule has 2 aromatic rings. The fraction of sp³-hybridized carbons (Fsp3) is 0.375. The van der Waals surface area contributed by atoms with E-state index in [0.29, 0.717) is 10.6 Å². The molecular formula is C24H29ClN2O4. The van der Waals surface area contributed by atoms with Crippen LogP contribution in [0.3, 0.4) is 0 Å². The van der Waals surface area contributed by atoms with Gasteiger partial charge in [0.1, 0.15) is 12.6 Å². The Morgan fingerprint density at radius 1 is 1.06 bits per heavy atom. The number of nitrogens with two attached hydrogens (primary N) is 1. The van der Waals surface area contributed by atoms with Crippen molar-refractivity contribution in [3.63, 3.8) is 0 Å². The number of amides is 2. The second-order valence-electron chi connectivity index (χ2n) is 8.65. The second-order valence-corrected chi connectivity index (χ2v) is 9.09. The van der Waals surface area contributed by atoms with E-state index in [1.807, 2.05) is 13.8 Å². The molecule has 3 N–H and O–H groups in total. The highest BCUT2D eigenvalue weighted by Crippen LogP contribution is 2.27. The number of hydrogen-bond donors (Lipinski definition) is 2. The Morgan fingerprint density at radius 2 is 1.61 bits per heavy atom. The molecule has 0 spiro atoms. The molecule has 2 amide bonds. The number of rotatable bonds is 7. The number of primary amides is 1. The van der Waals surface area contributed by atoms with E-state index in [1.54, 1.807) is 12.1 Å². The number of benzene rings is 2. The van der Waals surface area contributed by atoms with Crippen LogP contribution in [0.1, 0.15) is 59.8 Å². The minimum atomic E-state index is -1.19. The van der Waals surface area contributed by atoms with Gasteiger partial charge in [-0.1, -0.05) is 44.5 Å². The van der Waals surface area contributed by atoms with Crippen LogP contribution in [-0.2, 0) is 26.3 Å². The molecule has 7 heteroatoms. The van der Waals surface area contributed by atoms with Crippen molar-refractivity contribution in [3.8, 4) is 0 Å². The molecule has 0 aromatic heterocycles. The van der Waals surface area contributed by atoms with Gasteiger partial charge in [0.05, 0.1) is 6.42 Å². The number of esters is 1. The van der Waals surface area contributed by atoms with Crippen LogP contribution in [0, 0.1) is 13.8 Å². The number of ether oxygens (including phenoxy) is 1. The maximum atomic E-state index is 12.7. The van der Waals surface area contributed by atoms with Crippen LogP contribution in [-0.4, -0.2) is 23.8 Å². The van der Waals surface area contributed by atoms with Gasteiger partial charge < -0.3 is 15.8 Å². The fourth-order valence-electron chi connectivity index (χ4n) is 3.14. The molecule has 0 aliphatic rings. The number of carbonyl (C=O) groups is 3. The number of hydrogen-bond acceptors (Lipinski definition) is 4. The quantitative estimate of drug-likeness (QED) is 0.631. The van der Waals surface area contributed by atoms with Gasteiger partial charge in [0, 0.05) is 10.6 Å². The highest BCUT2D eigenvalue weighted by atomic mass is 35.5. The second kappa shape index (κ2) is 9.96. The van der Waals surface area contributed by atoms with Crippen molar-refractivity contribution in [3.05, 3.63) is 69.2 Å². The van der Waals surface area contributed by atoms with Crippen molar-refractivity contribution in [1.29, 1.82) is 0 Å². The Labute approximate surface area is 188 Å². The molecule has 166 valence electrons. The average molecular weight is 445 g/mol. The van der Waals surface area contributed by atoms with E-state index in [4.69, 9.17) is 22.1 Å². The predicted octanol–water partition coefficient (Wildman–Crippen LogP) is 3.97. The van der Waals surface area contributed by atoms with Crippen molar-refractivity contribution in [2.75, 3.05) is 0 Å². The summed E-state index contributed by atoms with van der Waals surface area (Å²) in [5, 5.41) is 3.00. The molecule has 0 aliphatic carbocycles. The van der Waals surface area contributed by atoms with Crippen molar-refractivity contribution in [1.82, 2.24) is 5.32 Å². The van der Waals surface area contributed by atoms with E-state index < -0.39 is 23.8 Å². The molecule has 0 saturated carbocycles. The van der Waals surface area contributed by atoms with Crippen molar-refractivity contribution < 1.29 is 19.1 Å². The number of aryl methyl sites for hydroxylation is 2. The minimum Gasteiger partial charge on any atom is -0.459 e. The zero-order chi connectivity index (χ0) is 23.3. The summed E-state index contributed by atoms with van der Waals surface area (Å²) in [6, 6.07) is 9.14. The predicted molar refractivity (Wildman–Crippen MR) is 121 cm³/mol. The lowest BCUT2D eigenvalue weighted by molar-refractivity contribution is -0.148. The maximum Gasteiger partial charge on any atom is 0.329 e. The Morgan fingerprint density at radius 3 is 2.10 bits per heavy atom. The van der Waals surface area contributed by atoms with Crippen molar-refractivity contribution >= 4 is 29.4 Å². The minimum absolute atomic E-state index is 0.00323. The van der Waals surface area contributed by atoms with Crippen molar-refractivity contribution in [2.45, 2.75) is 59.1 Å². The molecule has 2 aromatic carbocycles. The monoisotopic (exact) mass is 444 g/mol. The van der Waals surface area contributed by atoms with E-state index in [0.717, 1.165) is 16.7 Å². The van der Waals surface area contributed by atoms with E-state index in [9.17, 15) is 14.4 Å². The zero-order valence-corrected chi connectivity index (χ0v) is 19.3. The van der Waals surface area contributed by atoms with Crippen LogP contribution in [0.4, 0.5) is 0 Å². The van der Waals surface area contributed by atoms with Crippen LogP contribution in [0.2, 0.25) is 5.02 Å². The Bertz CT molecular complexity index is 955. The first-order chi connectivity index (χ1) is 14.4. The SMILES string of the molecule is Cc1cc(C(C)(C)C)cc(C)c1COC(=O)C(CC(N)=O)NC(=O)c1ccc(Cl)cc1. The summed E-state index contributed by atoms with van der Waals surface area (Å²) in [5.41, 5.74) is 9.67. The molecule has 0 saturated heterocycles. The largest absolute Gasteiger partial charge is 0.459 e. The third-order valence-corrected chi connectivity index (χ3v) is 5.27. The molecular weight excluding hydrogens is 416 g/mol. The topological polar surface area (TPSA) is 98.5 Å². The third-order valence-electron chi connectivity index (χ3n) is 5.02. The van der Waals surface area contributed by atoms with Gasteiger partial charge in [0.25, 0.3) is 5.91 Å². The molecule has 1 atom stereocenters. The molecule has 0 radical (unpaired) electrons. The summed E-state index contributed by atoms with van der Waals surface area (Å²) in [6.45, 7) is 10.4. The summed E-state index contributed by atoms with van der Waals surface area (Å²) in [4.78, 5) is 36.5. The van der Waals surface area contributed by atoms with Gasteiger partial charge in [-0.3, -0.25) is 9.59 Å². The van der Waals surface area contributed by atoms with E-state index >= 15 is 0 Å². The fourth-order valence-corrected chi connectivity index (χ4v) is 3.26. The van der Waals surface area contributed by atoms with E-state index in [-0.39, 0.29) is 18.4 Å². The zero-order valence-electron chi connectivity index (χ0n) is 18.5. The Hall–Kier alpha value is -2.86. The molecule has 2 rings (SSSR count). The first kappa shape index (κ1) is 24.4. The van der Waals surface area contributed by atoms with Gasteiger partial charge in [0.15, 0.2) is 0 Å². The molecule has 0 heterocycles. The Balaban J connectivity index is 2.13. The van der Waals surface area contributed by atoms with Gasteiger partial charge in [-0.2, -0.15) is 0 Å². The summed E-state index contributed by atoms with van der Waals surface area (Å²) >= 11 is 5.83. The highest BCUT2D eigenvalue weighted by Gasteiger charge is 2.26. The smallest absolute Gasteiger partial charge is 0.329 e. The highest BCUT2D eigenvalue weighted by molar-refractivity contribution is 6.30. The van der Waals surface area contributed by atoms with Crippen molar-refractivity contribution in [2.24, 2.45) is 5.73 Å². The van der Waals surface area contributed by atoms with Gasteiger partial charge in [0.2, 0.25) is 5.91 Å². The molecule has 31 heavy (non-hydrogen) atoms. The molecule has 0 aliphatic heterocycles. The lowest BCUT2D eigenvalue weighted by Crippen LogP contribution is -2.44. The standard InChI is InChI=1S/C24H29ClN2O4/c1-14-10-17(24(3,4)5)11-15(2)19(14)13-31-23(30)20(12-21(26)28)27-22(29)16-6-8-18(25)9-7-16/h6-11,20H,12-13H2,1-5H3,(H2,26,28)(H,27,29). The van der Waals surface area contributed by atoms with Crippen LogP contribution in [0.25, 0.3) is 0 Å². The van der Waals surface area contributed by atoms with E-state index in [2.05, 4.69) is 38.2 Å². The maximum absolute atomic E-state index is 12.7. The van der Waals surface area contributed by atoms with Crippen LogP contribution >= 0.6 is 11.6 Å². The van der Waals surface area contributed by atoms with Gasteiger partial charge in [-0.25, -0.2) is 4.79 Å². The molecule has 1 unspecified atom stereocenters. The van der Waals surface area contributed by atoms with Gasteiger partial charge in [-0.05, 0) is 65.8 Å². The van der Waals surface area contributed by atoms with Crippen LogP contribution in [0.5, 0.6) is 0 Å². The Kier molecular flexibility index (Phi) is 7.85. The lowest BCUT2D eigenvalue weighted by Gasteiger charge is -2.23. The molecule has 0 fully saturated rings.